The lowest BCUT2D eigenvalue weighted by Gasteiger charge is -2.35. The summed E-state index contributed by atoms with van der Waals surface area (Å²) in [5.41, 5.74) is -0.501. The number of likely N-dealkylation sites (N-methyl/N-ethyl adjacent to an activating group) is 1. The highest BCUT2D eigenvalue weighted by atomic mass is 16.6. The number of nitrogens with zero attached hydrogens (tertiary/aromatic N) is 3. The van der Waals surface area contributed by atoms with Crippen molar-refractivity contribution in [1.82, 2.24) is 20.4 Å². The summed E-state index contributed by atoms with van der Waals surface area (Å²) in [6.45, 7) is 9.78. The number of piperidine rings is 1. The summed E-state index contributed by atoms with van der Waals surface area (Å²) in [6, 6.07) is 0.0776. The van der Waals surface area contributed by atoms with Crippen molar-refractivity contribution in [1.29, 1.82) is 0 Å². The molecule has 8 heteroatoms. The Morgan fingerprint density at radius 3 is 2.58 bits per heavy atom. The van der Waals surface area contributed by atoms with E-state index < -0.39 is 5.60 Å². The number of ether oxygens (including phenoxy) is 1. The van der Waals surface area contributed by atoms with E-state index in [2.05, 4.69) is 22.5 Å². The topological polar surface area (TPSA) is 86.3 Å². The van der Waals surface area contributed by atoms with Gasteiger partial charge in [0.2, 0.25) is 5.91 Å². The van der Waals surface area contributed by atoms with Gasteiger partial charge in [0, 0.05) is 39.8 Å². The Labute approximate surface area is 157 Å². The molecule has 1 fully saturated rings. The minimum absolute atomic E-state index is 0.0541. The van der Waals surface area contributed by atoms with Crippen LogP contribution in [0, 0.1) is 0 Å². The molecule has 1 aliphatic heterocycles. The van der Waals surface area contributed by atoms with Gasteiger partial charge in [0.25, 0.3) is 0 Å². The zero-order valence-electron chi connectivity index (χ0n) is 17.1. The maximum atomic E-state index is 12.3. The maximum absolute atomic E-state index is 12.3. The van der Waals surface area contributed by atoms with Gasteiger partial charge in [0.1, 0.15) is 12.1 Å². The Kier molecular flexibility index (Phi) is 8.68. The van der Waals surface area contributed by atoms with Crippen molar-refractivity contribution < 1.29 is 14.3 Å². The third-order valence-electron chi connectivity index (χ3n) is 3.83. The number of nitrogens with one attached hydrogen (secondary N) is 2. The van der Waals surface area contributed by atoms with Gasteiger partial charge in [-0.1, -0.05) is 6.92 Å². The van der Waals surface area contributed by atoms with Crippen molar-refractivity contribution in [3.05, 3.63) is 0 Å². The van der Waals surface area contributed by atoms with Gasteiger partial charge in [-0.05, 0) is 40.0 Å². The second-order valence-corrected chi connectivity index (χ2v) is 7.79. The van der Waals surface area contributed by atoms with Crippen molar-refractivity contribution >= 4 is 18.0 Å². The van der Waals surface area contributed by atoms with Crippen LogP contribution in [0.5, 0.6) is 0 Å². The zero-order chi connectivity index (χ0) is 19.7. The van der Waals surface area contributed by atoms with Crippen LogP contribution in [-0.4, -0.2) is 79.7 Å². The van der Waals surface area contributed by atoms with Gasteiger partial charge in [-0.2, -0.15) is 0 Å². The maximum Gasteiger partial charge on any atom is 0.410 e. The molecule has 0 aromatic carbocycles. The van der Waals surface area contributed by atoms with Crippen molar-refractivity contribution in [2.75, 3.05) is 40.3 Å². The molecule has 2 N–H and O–H groups in total. The first-order valence-corrected chi connectivity index (χ1v) is 9.35. The SMILES string of the molecule is CCCNC(=NCC(=O)N(C)C)NC1CCCN(C(=O)OC(C)(C)C)C1. The molecule has 0 saturated carbocycles. The molecule has 0 bridgehead atoms. The fourth-order valence-electron chi connectivity index (χ4n) is 2.46. The number of carbonyl (C=O) groups excluding carboxylic acids is 2. The highest BCUT2D eigenvalue weighted by Crippen LogP contribution is 2.15. The molecule has 1 unspecified atom stereocenters. The summed E-state index contributed by atoms with van der Waals surface area (Å²) in [4.78, 5) is 31.7. The van der Waals surface area contributed by atoms with E-state index in [9.17, 15) is 9.59 Å². The molecule has 150 valence electrons. The first kappa shape index (κ1) is 22.1. The first-order valence-electron chi connectivity index (χ1n) is 9.35. The molecule has 8 nitrogen and oxygen atoms in total. The molecule has 1 heterocycles. The number of rotatable bonds is 5. The summed E-state index contributed by atoms with van der Waals surface area (Å²) >= 11 is 0. The van der Waals surface area contributed by atoms with Crippen LogP contribution < -0.4 is 10.6 Å². The lowest BCUT2D eigenvalue weighted by Crippen LogP contribution is -2.53. The Hall–Kier alpha value is -1.99. The lowest BCUT2D eigenvalue weighted by molar-refractivity contribution is -0.127. The summed E-state index contributed by atoms with van der Waals surface area (Å²) in [5, 5.41) is 6.58. The van der Waals surface area contributed by atoms with E-state index in [4.69, 9.17) is 4.74 Å². The molecule has 1 rings (SSSR count). The number of hydrogen-bond donors (Lipinski definition) is 2. The third-order valence-corrected chi connectivity index (χ3v) is 3.83. The van der Waals surface area contributed by atoms with Crippen LogP contribution in [0.15, 0.2) is 4.99 Å². The average molecular weight is 370 g/mol. The van der Waals surface area contributed by atoms with Gasteiger partial charge in [-0.15, -0.1) is 0 Å². The van der Waals surface area contributed by atoms with Gasteiger partial charge >= 0.3 is 6.09 Å². The average Bonchev–Trinajstić information content (AvgIpc) is 2.55. The van der Waals surface area contributed by atoms with E-state index in [1.165, 1.54) is 4.90 Å². The first-order chi connectivity index (χ1) is 12.1. The van der Waals surface area contributed by atoms with Gasteiger partial charge in [-0.25, -0.2) is 9.79 Å². The van der Waals surface area contributed by atoms with Gasteiger partial charge in [0.15, 0.2) is 5.96 Å². The molecule has 26 heavy (non-hydrogen) atoms. The van der Waals surface area contributed by atoms with Crippen LogP contribution in [0.4, 0.5) is 4.79 Å². The normalized spacial score (nSPS) is 18.3. The Balaban J connectivity index is 2.66. The second kappa shape index (κ2) is 10.2. The second-order valence-electron chi connectivity index (χ2n) is 7.79. The fraction of sp³-hybridized carbons (Fsp3) is 0.833. The molecule has 1 atom stereocenters. The summed E-state index contributed by atoms with van der Waals surface area (Å²) in [7, 11) is 3.43. The minimum Gasteiger partial charge on any atom is -0.444 e. The number of hydrogen-bond acceptors (Lipinski definition) is 4. The van der Waals surface area contributed by atoms with Gasteiger partial charge < -0.3 is 25.2 Å². The Bertz CT molecular complexity index is 500. The Morgan fingerprint density at radius 1 is 1.31 bits per heavy atom. The zero-order valence-corrected chi connectivity index (χ0v) is 17.1. The van der Waals surface area contributed by atoms with Crippen LogP contribution in [0.2, 0.25) is 0 Å². The van der Waals surface area contributed by atoms with E-state index in [-0.39, 0.29) is 24.6 Å². The molecule has 1 aliphatic rings. The van der Waals surface area contributed by atoms with E-state index in [0.29, 0.717) is 19.0 Å². The monoisotopic (exact) mass is 369 g/mol. The van der Waals surface area contributed by atoms with Crippen LogP contribution in [-0.2, 0) is 9.53 Å². The highest BCUT2D eigenvalue weighted by Gasteiger charge is 2.28. The third kappa shape index (κ3) is 8.40. The molecular weight excluding hydrogens is 334 g/mol. The summed E-state index contributed by atoms with van der Waals surface area (Å²) in [5.74, 6) is 0.555. The molecule has 1 saturated heterocycles. The van der Waals surface area contributed by atoms with E-state index in [1.54, 1.807) is 19.0 Å². The van der Waals surface area contributed by atoms with E-state index >= 15 is 0 Å². The van der Waals surface area contributed by atoms with Crippen molar-refractivity contribution in [3.8, 4) is 0 Å². The number of carbonyl (C=O) groups is 2. The molecule has 0 aliphatic carbocycles. The lowest BCUT2D eigenvalue weighted by atomic mass is 10.1. The quantitative estimate of drug-likeness (QED) is 0.565. The van der Waals surface area contributed by atoms with Crippen LogP contribution in [0.1, 0.15) is 47.0 Å². The predicted molar refractivity (Wildman–Crippen MR) is 103 cm³/mol. The van der Waals surface area contributed by atoms with Gasteiger partial charge in [0.05, 0.1) is 0 Å². The number of likely N-dealkylation sites (tertiary alicyclic amines) is 1. The molecule has 0 spiro atoms. The standard InChI is InChI=1S/C18H35N5O3/c1-7-10-19-16(20-12-15(24)22(5)6)21-14-9-8-11-23(13-14)17(25)26-18(2,3)4/h14H,7-13H2,1-6H3,(H2,19,20,21). The van der Waals surface area contributed by atoms with Crippen LogP contribution in [0.25, 0.3) is 0 Å². The molecule has 0 radical (unpaired) electrons. The van der Waals surface area contributed by atoms with Gasteiger partial charge in [-0.3, -0.25) is 4.79 Å². The van der Waals surface area contributed by atoms with Crippen molar-refractivity contribution in [3.63, 3.8) is 0 Å². The smallest absolute Gasteiger partial charge is 0.410 e. The van der Waals surface area contributed by atoms with Crippen molar-refractivity contribution in [2.45, 2.75) is 58.6 Å². The predicted octanol–water partition coefficient (Wildman–Crippen LogP) is 1.42. The number of aliphatic imine (C=N–C) groups is 1. The molecule has 0 aromatic heterocycles. The fourth-order valence-corrected chi connectivity index (χ4v) is 2.46. The summed E-state index contributed by atoms with van der Waals surface area (Å²) in [6.07, 6.45) is 2.51. The number of amides is 2. The van der Waals surface area contributed by atoms with Crippen LogP contribution >= 0.6 is 0 Å². The molecular formula is C18H35N5O3. The minimum atomic E-state index is -0.501. The Morgan fingerprint density at radius 2 is 2.00 bits per heavy atom. The van der Waals surface area contributed by atoms with E-state index in [0.717, 1.165) is 25.8 Å². The van der Waals surface area contributed by atoms with E-state index in [1.807, 2.05) is 20.8 Å². The highest BCUT2D eigenvalue weighted by molar-refractivity contribution is 5.85. The largest absolute Gasteiger partial charge is 0.444 e. The van der Waals surface area contributed by atoms with Crippen molar-refractivity contribution in [2.24, 2.45) is 4.99 Å². The molecule has 2 amide bonds. The summed E-state index contributed by atoms with van der Waals surface area (Å²) < 4.78 is 5.46. The number of guanidine groups is 1. The van der Waals surface area contributed by atoms with Crippen LogP contribution in [0.3, 0.4) is 0 Å². The molecule has 0 aromatic rings.